The van der Waals surface area contributed by atoms with Crippen LogP contribution in [-0.2, 0) is 32.7 Å². The van der Waals surface area contributed by atoms with Crippen molar-refractivity contribution in [3.63, 3.8) is 0 Å². The van der Waals surface area contributed by atoms with Crippen molar-refractivity contribution in [2.45, 2.75) is 257 Å². The second-order valence-electron chi connectivity index (χ2n) is 16.6. The van der Waals surface area contributed by atoms with E-state index in [1.807, 2.05) is 0 Å². The van der Waals surface area contributed by atoms with Crippen LogP contribution >= 0.6 is 7.82 Å². The number of ether oxygens (including phenoxy) is 2. The van der Waals surface area contributed by atoms with Gasteiger partial charge < -0.3 is 25.2 Å². The molecular formula is C46H92NO9P. The highest BCUT2D eigenvalue weighted by molar-refractivity contribution is 7.47. The maximum Gasteiger partial charge on any atom is 0.472 e. The van der Waals surface area contributed by atoms with Gasteiger partial charge in [-0.2, -0.15) is 0 Å². The zero-order valence-electron chi connectivity index (χ0n) is 37.2. The van der Waals surface area contributed by atoms with E-state index in [4.69, 9.17) is 29.4 Å². The minimum atomic E-state index is -4.61. The van der Waals surface area contributed by atoms with Crippen LogP contribution < -0.4 is 5.73 Å². The van der Waals surface area contributed by atoms with E-state index in [1.165, 1.54) is 186 Å². The molecule has 0 aliphatic rings. The molecule has 3 atom stereocenters. The Morgan fingerprint density at radius 2 is 0.807 bits per heavy atom. The summed E-state index contributed by atoms with van der Waals surface area (Å²) in [6, 6.07) is -1.47. The first-order valence-corrected chi connectivity index (χ1v) is 25.6. The number of unbranched alkanes of at least 4 members (excludes halogenated alkanes) is 33. The van der Waals surface area contributed by atoms with E-state index in [-0.39, 0.29) is 13.0 Å². The van der Waals surface area contributed by atoms with Gasteiger partial charge in [-0.05, 0) is 12.8 Å². The van der Waals surface area contributed by atoms with E-state index in [0.717, 1.165) is 38.5 Å². The fourth-order valence-electron chi connectivity index (χ4n) is 7.14. The lowest BCUT2D eigenvalue weighted by Gasteiger charge is -2.20. The van der Waals surface area contributed by atoms with Crippen LogP contribution in [-0.4, -0.2) is 60.5 Å². The summed E-state index contributed by atoms with van der Waals surface area (Å²) in [6.45, 7) is 3.95. The monoisotopic (exact) mass is 834 g/mol. The summed E-state index contributed by atoms with van der Waals surface area (Å²) in [6.07, 6.45) is 44.4. The van der Waals surface area contributed by atoms with Gasteiger partial charge in [-0.25, -0.2) is 4.57 Å². The number of rotatable bonds is 47. The number of carboxylic acid groups (broad SMARTS) is 1. The Balaban J connectivity index is 4.12. The average Bonchev–Trinajstić information content (AvgIpc) is 3.19. The molecule has 0 aromatic carbocycles. The van der Waals surface area contributed by atoms with E-state index in [0.29, 0.717) is 6.61 Å². The van der Waals surface area contributed by atoms with Gasteiger partial charge in [0, 0.05) is 13.0 Å². The van der Waals surface area contributed by atoms with Crippen molar-refractivity contribution in [2.24, 2.45) is 5.73 Å². The van der Waals surface area contributed by atoms with E-state index >= 15 is 0 Å². The van der Waals surface area contributed by atoms with Crippen LogP contribution in [0, 0.1) is 0 Å². The molecule has 0 rings (SSSR count). The van der Waals surface area contributed by atoms with Crippen LogP contribution in [0.1, 0.15) is 245 Å². The van der Waals surface area contributed by atoms with Gasteiger partial charge in [0.25, 0.3) is 0 Å². The van der Waals surface area contributed by atoms with Crippen molar-refractivity contribution in [1.29, 1.82) is 0 Å². The van der Waals surface area contributed by atoms with Gasteiger partial charge in [-0.3, -0.25) is 18.6 Å². The summed E-state index contributed by atoms with van der Waals surface area (Å²) in [5, 5.41) is 8.91. The number of hydrogen-bond acceptors (Lipinski definition) is 8. The zero-order chi connectivity index (χ0) is 41.9. The molecule has 4 N–H and O–H groups in total. The van der Waals surface area contributed by atoms with Crippen molar-refractivity contribution < 1.29 is 42.7 Å². The third-order valence-electron chi connectivity index (χ3n) is 10.9. The van der Waals surface area contributed by atoms with Crippen LogP contribution in [0.2, 0.25) is 0 Å². The Morgan fingerprint density at radius 1 is 0.491 bits per heavy atom. The summed E-state index contributed by atoms with van der Waals surface area (Å²) >= 11 is 0. The van der Waals surface area contributed by atoms with Gasteiger partial charge in [0.05, 0.1) is 19.8 Å². The molecule has 340 valence electrons. The maximum atomic E-state index is 12.7. The van der Waals surface area contributed by atoms with Crippen LogP contribution in [0.25, 0.3) is 0 Å². The molecule has 0 heterocycles. The highest BCUT2D eigenvalue weighted by Gasteiger charge is 2.27. The zero-order valence-corrected chi connectivity index (χ0v) is 38.1. The summed E-state index contributed by atoms with van der Waals surface area (Å²) in [5.41, 5.74) is 5.37. The molecule has 0 bridgehead atoms. The minimum absolute atomic E-state index is 0.0262. The second-order valence-corrected chi connectivity index (χ2v) is 18.1. The fraction of sp³-hybridized carbons (Fsp3) is 0.957. The molecule has 11 heteroatoms. The van der Waals surface area contributed by atoms with Gasteiger partial charge in [0.15, 0.2) is 0 Å². The topological polar surface area (TPSA) is 155 Å². The molecule has 0 fully saturated rings. The number of esters is 1. The molecule has 0 saturated heterocycles. The second kappa shape index (κ2) is 43.1. The van der Waals surface area contributed by atoms with Crippen molar-refractivity contribution in [3.05, 3.63) is 0 Å². The minimum Gasteiger partial charge on any atom is -0.480 e. The lowest BCUT2D eigenvalue weighted by Crippen LogP contribution is -2.34. The van der Waals surface area contributed by atoms with E-state index in [1.54, 1.807) is 0 Å². The van der Waals surface area contributed by atoms with Gasteiger partial charge in [-0.15, -0.1) is 0 Å². The summed E-state index contributed by atoms with van der Waals surface area (Å²) in [4.78, 5) is 33.6. The molecule has 0 radical (unpaired) electrons. The Kier molecular flexibility index (Phi) is 42.3. The quantitative estimate of drug-likeness (QED) is 0.0306. The van der Waals surface area contributed by atoms with Crippen molar-refractivity contribution in [1.82, 2.24) is 0 Å². The van der Waals surface area contributed by atoms with E-state index in [9.17, 15) is 19.0 Å². The van der Waals surface area contributed by atoms with Crippen molar-refractivity contribution in [3.8, 4) is 0 Å². The number of phosphoric acid groups is 1. The van der Waals surface area contributed by atoms with Gasteiger partial charge in [-0.1, -0.05) is 226 Å². The number of carbonyl (C=O) groups excluding carboxylic acids is 1. The molecule has 3 unspecified atom stereocenters. The number of aliphatic carboxylic acids is 1. The van der Waals surface area contributed by atoms with Crippen molar-refractivity contribution in [2.75, 3.05) is 26.4 Å². The van der Waals surface area contributed by atoms with E-state index in [2.05, 4.69) is 13.8 Å². The predicted octanol–water partition coefficient (Wildman–Crippen LogP) is 13.5. The highest BCUT2D eigenvalue weighted by atomic mass is 31.2. The molecule has 0 spiro atoms. The molecule has 0 aromatic rings. The molecule has 57 heavy (non-hydrogen) atoms. The number of hydrogen-bond donors (Lipinski definition) is 3. The van der Waals surface area contributed by atoms with Gasteiger partial charge in [0.1, 0.15) is 12.1 Å². The number of carbonyl (C=O) groups is 2. The summed E-state index contributed by atoms with van der Waals surface area (Å²) < 4.78 is 33.5. The number of phosphoric ester groups is 1. The molecule has 0 aliphatic carbocycles. The lowest BCUT2D eigenvalue weighted by atomic mass is 10.0. The van der Waals surface area contributed by atoms with Crippen LogP contribution in [0.5, 0.6) is 0 Å². The lowest BCUT2D eigenvalue weighted by molar-refractivity contribution is -0.154. The maximum absolute atomic E-state index is 12.7. The first-order chi connectivity index (χ1) is 27.7. The van der Waals surface area contributed by atoms with Gasteiger partial charge in [0.2, 0.25) is 0 Å². The first-order valence-electron chi connectivity index (χ1n) is 24.1. The number of carboxylic acids is 1. The van der Waals surface area contributed by atoms with Crippen molar-refractivity contribution >= 4 is 19.8 Å². The molecular weight excluding hydrogens is 741 g/mol. The fourth-order valence-corrected chi connectivity index (χ4v) is 7.91. The Morgan fingerprint density at radius 3 is 1.16 bits per heavy atom. The van der Waals surface area contributed by atoms with Crippen LogP contribution in [0.4, 0.5) is 0 Å². The molecule has 0 amide bonds. The van der Waals surface area contributed by atoms with Crippen LogP contribution in [0.15, 0.2) is 0 Å². The first kappa shape index (κ1) is 56.0. The Hall–Kier alpha value is -1.03. The third kappa shape index (κ3) is 42.9. The molecule has 0 aromatic heterocycles. The highest BCUT2D eigenvalue weighted by Crippen LogP contribution is 2.43. The average molecular weight is 834 g/mol. The Labute approximate surface area is 350 Å². The SMILES string of the molecule is CCCCCCCCCCCCCCCCCCCCC(=O)OC(COCCCCCCCCCCCCCCCCCCC)COP(=O)(O)OCC(N)C(=O)O. The predicted molar refractivity (Wildman–Crippen MR) is 236 cm³/mol. The summed E-state index contributed by atoms with van der Waals surface area (Å²) in [7, 11) is -4.61. The molecule has 0 saturated carbocycles. The number of nitrogens with two attached hydrogens (primary N) is 1. The van der Waals surface area contributed by atoms with Gasteiger partial charge >= 0.3 is 19.8 Å². The largest absolute Gasteiger partial charge is 0.480 e. The molecule has 0 aliphatic heterocycles. The normalized spacial score (nSPS) is 13.8. The third-order valence-corrected chi connectivity index (χ3v) is 11.8. The standard InChI is InChI=1S/C46H92NO9P/c1-3-5-7-9-11-13-15-17-19-21-22-24-26-28-30-32-34-36-38-45(48)56-43(41-54-57(51,52)55-42-44(47)46(49)50)40-53-39-37-35-33-31-29-27-25-23-20-18-16-14-12-10-8-6-4-2/h43-44H,3-42,47H2,1-2H3,(H,49,50)(H,51,52). The summed E-state index contributed by atoms with van der Waals surface area (Å²) in [5.74, 6) is -1.76. The van der Waals surface area contributed by atoms with Crippen LogP contribution in [0.3, 0.4) is 0 Å². The van der Waals surface area contributed by atoms with E-state index < -0.39 is 45.1 Å². The smallest absolute Gasteiger partial charge is 0.472 e. The Bertz CT molecular complexity index is 924. The molecule has 10 nitrogen and oxygen atoms in total.